The quantitative estimate of drug-likeness (QED) is 0.744. The normalized spacial score (nSPS) is 10.3. The molecular weight excluding hydrogens is 255 g/mol. The summed E-state index contributed by atoms with van der Waals surface area (Å²) in [5.41, 5.74) is 7.06. The van der Waals surface area contributed by atoms with Crippen molar-refractivity contribution in [3.05, 3.63) is 58.9 Å². The van der Waals surface area contributed by atoms with Gasteiger partial charge in [-0.05, 0) is 18.2 Å². The molecule has 0 aliphatic carbocycles. The predicted molar refractivity (Wildman–Crippen MR) is 70.0 cm³/mol. The minimum Gasteiger partial charge on any atom is -0.506 e. The predicted octanol–water partition coefficient (Wildman–Crippen LogP) is 3.30. The van der Waals surface area contributed by atoms with Crippen molar-refractivity contribution in [1.82, 2.24) is 5.43 Å². The van der Waals surface area contributed by atoms with Crippen LogP contribution in [-0.4, -0.2) is 5.11 Å². The number of benzene rings is 2. The zero-order chi connectivity index (χ0) is 13.0. The first-order valence-electron chi connectivity index (χ1n) is 5.37. The van der Waals surface area contributed by atoms with Crippen LogP contribution in [0.25, 0.3) is 0 Å². The summed E-state index contributed by atoms with van der Waals surface area (Å²) in [6.07, 6.45) is 0. The second-order valence-electron chi connectivity index (χ2n) is 3.74. The number of phenols is 1. The summed E-state index contributed by atoms with van der Waals surface area (Å²) in [5, 5.41) is 9.35. The molecule has 94 valence electrons. The van der Waals surface area contributed by atoms with Crippen LogP contribution in [0, 0.1) is 5.82 Å². The molecule has 5 heteroatoms. The van der Waals surface area contributed by atoms with E-state index in [9.17, 15) is 9.50 Å². The van der Waals surface area contributed by atoms with E-state index in [1.807, 2.05) is 30.3 Å². The molecule has 2 rings (SSSR count). The Balaban J connectivity index is 1.97. The van der Waals surface area contributed by atoms with Crippen LogP contribution in [0.3, 0.4) is 0 Å². The Morgan fingerprint density at radius 1 is 1.17 bits per heavy atom. The summed E-state index contributed by atoms with van der Waals surface area (Å²) in [6.45, 7) is 0.251. The molecule has 0 atom stereocenters. The highest BCUT2D eigenvalue weighted by Crippen LogP contribution is 2.26. The van der Waals surface area contributed by atoms with Crippen LogP contribution in [0.4, 0.5) is 10.1 Å². The zero-order valence-electron chi connectivity index (χ0n) is 9.45. The summed E-state index contributed by atoms with van der Waals surface area (Å²) in [4.78, 5) is 0. The number of anilines is 1. The van der Waals surface area contributed by atoms with Crippen LogP contribution in [0.5, 0.6) is 5.75 Å². The smallest absolute Gasteiger partial charge is 0.137 e. The summed E-state index contributed by atoms with van der Waals surface area (Å²) in [5.74, 6) is -0.756. The van der Waals surface area contributed by atoms with Gasteiger partial charge in [-0.15, -0.1) is 0 Å². The largest absolute Gasteiger partial charge is 0.506 e. The summed E-state index contributed by atoms with van der Waals surface area (Å²) in [7, 11) is 0. The highest BCUT2D eigenvalue weighted by atomic mass is 35.5. The van der Waals surface area contributed by atoms with Crippen molar-refractivity contribution in [3.8, 4) is 5.75 Å². The number of halogens is 2. The maximum Gasteiger partial charge on any atom is 0.137 e. The number of hydrazine groups is 1. The second kappa shape index (κ2) is 5.71. The van der Waals surface area contributed by atoms with Crippen molar-refractivity contribution in [2.24, 2.45) is 0 Å². The zero-order valence-corrected chi connectivity index (χ0v) is 10.2. The van der Waals surface area contributed by atoms with E-state index in [0.717, 1.165) is 11.8 Å². The van der Waals surface area contributed by atoms with Crippen LogP contribution in [0.1, 0.15) is 5.56 Å². The molecule has 0 aliphatic heterocycles. The van der Waals surface area contributed by atoms with Crippen LogP contribution in [0.2, 0.25) is 5.02 Å². The van der Waals surface area contributed by atoms with E-state index in [1.54, 1.807) is 0 Å². The van der Waals surface area contributed by atoms with E-state index in [1.165, 1.54) is 6.07 Å². The fourth-order valence-corrected chi connectivity index (χ4v) is 1.66. The van der Waals surface area contributed by atoms with Gasteiger partial charge in [-0.25, -0.2) is 9.82 Å². The molecule has 0 fully saturated rings. The standard InChI is InChI=1S/C13H12ClFN2O/c14-11-6-9(12(15)7-13(11)18)8-16-17-10-4-2-1-3-5-10/h1-7,16-18H,8H2. The molecule has 18 heavy (non-hydrogen) atoms. The van der Waals surface area contributed by atoms with Crippen LogP contribution in [0.15, 0.2) is 42.5 Å². The number of para-hydroxylation sites is 1. The van der Waals surface area contributed by atoms with Crippen LogP contribution < -0.4 is 10.9 Å². The van der Waals surface area contributed by atoms with Crippen molar-refractivity contribution >= 4 is 17.3 Å². The average molecular weight is 267 g/mol. The molecule has 2 aromatic rings. The monoisotopic (exact) mass is 266 g/mol. The lowest BCUT2D eigenvalue weighted by molar-refractivity contribution is 0.467. The molecule has 3 N–H and O–H groups in total. The van der Waals surface area contributed by atoms with Gasteiger partial charge in [0.15, 0.2) is 0 Å². The van der Waals surface area contributed by atoms with Gasteiger partial charge in [0.2, 0.25) is 0 Å². The van der Waals surface area contributed by atoms with Crippen molar-refractivity contribution in [1.29, 1.82) is 0 Å². The Bertz CT molecular complexity index is 534. The van der Waals surface area contributed by atoms with Crippen molar-refractivity contribution in [2.75, 3.05) is 5.43 Å². The molecule has 0 radical (unpaired) electrons. The van der Waals surface area contributed by atoms with E-state index < -0.39 is 5.82 Å². The fourth-order valence-electron chi connectivity index (χ4n) is 1.48. The molecule has 3 nitrogen and oxygen atoms in total. The Morgan fingerprint density at radius 3 is 2.61 bits per heavy atom. The Morgan fingerprint density at radius 2 is 1.89 bits per heavy atom. The van der Waals surface area contributed by atoms with Gasteiger partial charge < -0.3 is 10.5 Å². The lowest BCUT2D eigenvalue weighted by Crippen LogP contribution is -2.21. The van der Waals surface area contributed by atoms with Crippen LogP contribution in [-0.2, 0) is 6.54 Å². The molecule has 2 aromatic carbocycles. The lowest BCUT2D eigenvalue weighted by Gasteiger charge is -2.09. The lowest BCUT2D eigenvalue weighted by atomic mass is 10.2. The number of hydrogen-bond donors (Lipinski definition) is 3. The third kappa shape index (κ3) is 3.12. The van der Waals surface area contributed by atoms with Gasteiger partial charge in [-0.2, -0.15) is 0 Å². The molecule has 0 bridgehead atoms. The SMILES string of the molecule is Oc1cc(F)c(CNNc2ccccc2)cc1Cl. The van der Waals surface area contributed by atoms with Crippen molar-refractivity contribution in [2.45, 2.75) is 6.54 Å². The van der Waals surface area contributed by atoms with Gasteiger partial charge in [0, 0.05) is 23.9 Å². The second-order valence-corrected chi connectivity index (χ2v) is 4.15. The highest BCUT2D eigenvalue weighted by Gasteiger charge is 2.07. The van der Waals surface area contributed by atoms with Gasteiger partial charge in [-0.3, -0.25) is 0 Å². The number of aromatic hydroxyl groups is 1. The van der Waals surface area contributed by atoms with Crippen molar-refractivity contribution in [3.63, 3.8) is 0 Å². The average Bonchev–Trinajstić information content (AvgIpc) is 2.37. The van der Waals surface area contributed by atoms with Crippen LogP contribution >= 0.6 is 11.6 Å². The van der Waals surface area contributed by atoms with E-state index in [-0.39, 0.29) is 17.3 Å². The molecule has 0 amide bonds. The Hall–Kier alpha value is -1.78. The fraction of sp³-hybridized carbons (Fsp3) is 0.0769. The molecule has 0 aliphatic rings. The number of rotatable bonds is 4. The number of phenolic OH excluding ortho intramolecular Hbond substituents is 1. The molecule has 0 aromatic heterocycles. The Labute approximate surface area is 109 Å². The van der Waals surface area contributed by atoms with Gasteiger partial charge in [0.1, 0.15) is 11.6 Å². The molecule has 0 spiro atoms. The summed E-state index contributed by atoms with van der Waals surface area (Å²) < 4.78 is 13.5. The van der Waals surface area contributed by atoms with E-state index in [4.69, 9.17) is 11.6 Å². The van der Waals surface area contributed by atoms with Crippen molar-refractivity contribution < 1.29 is 9.50 Å². The maximum atomic E-state index is 13.5. The third-order valence-electron chi connectivity index (χ3n) is 2.40. The highest BCUT2D eigenvalue weighted by molar-refractivity contribution is 6.32. The Kier molecular flexibility index (Phi) is 4.02. The molecule has 0 heterocycles. The minimum atomic E-state index is -0.501. The van der Waals surface area contributed by atoms with Gasteiger partial charge in [0.25, 0.3) is 0 Å². The topological polar surface area (TPSA) is 44.3 Å². The first-order valence-corrected chi connectivity index (χ1v) is 5.75. The van der Waals surface area contributed by atoms with E-state index >= 15 is 0 Å². The molecule has 0 saturated carbocycles. The molecular formula is C13H12ClFN2O. The van der Waals surface area contributed by atoms with E-state index in [2.05, 4.69) is 10.9 Å². The van der Waals surface area contributed by atoms with Gasteiger partial charge in [0.05, 0.1) is 5.02 Å². The number of hydrogen-bond acceptors (Lipinski definition) is 3. The van der Waals surface area contributed by atoms with Gasteiger partial charge in [-0.1, -0.05) is 29.8 Å². The first kappa shape index (κ1) is 12.7. The first-order chi connectivity index (χ1) is 8.66. The number of nitrogens with one attached hydrogen (secondary N) is 2. The minimum absolute atomic E-state index is 0.132. The molecule has 0 unspecified atom stereocenters. The summed E-state index contributed by atoms with van der Waals surface area (Å²) in [6, 6.07) is 11.8. The van der Waals surface area contributed by atoms with E-state index in [0.29, 0.717) is 5.56 Å². The molecule has 0 saturated heterocycles. The maximum absolute atomic E-state index is 13.5. The summed E-state index contributed by atoms with van der Waals surface area (Å²) >= 11 is 5.72. The third-order valence-corrected chi connectivity index (χ3v) is 2.70. The van der Waals surface area contributed by atoms with Gasteiger partial charge >= 0.3 is 0 Å².